The van der Waals surface area contributed by atoms with Crippen molar-refractivity contribution in [3.63, 3.8) is 0 Å². The monoisotopic (exact) mass is 417 g/mol. The number of nitrogens with zero attached hydrogens (tertiary/aromatic N) is 2. The molecule has 0 aliphatic rings. The molecule has 3 rings (SSSR count). The lowest BCUT2D eigenvalue weighted by atomic mass is 10.1. The Morgan fingerprint density at radius 1 is 1.27 bits per heavy atom. The van der Waals surface area contributed by atoms with Crippen molar-refractivity contribution in [2.45, 2.75) is 6.61 Å². The van der Waals surface area contributed by atoms with E-state index in [1.807, 2.05) is 6.07 Å². The van der Waals surface area contributed by atoms with E-state index in [1.54, 1.807) is 18.2 Å². The Morgan fingerprint density at radius 2 is 2.00 bits per heavy atom. The number of aromatic amines is 1. The van der Waals surface area contributed by atoms with Crippen molar-refractivity contribution < 1.29 is 13.5 Å². The van der Waals surface area contributed by atoms with Gasteiger partial charge in [-0.25, -0.2) is 4.98 Å². The third-order valence-corrected chi connectivity index (χ3v) is 3.95. The fraction of sp³-hybridized carbons (Fsp3) is 0.0556. The maximum Gasteiger partial charge on any atom is 0.387 e. The van der Waals surface area contributed by atoms with Crippen LogP contribution in [0, 0.1) is 11.3 Å². The average molecular weight is 418 g/mol. The van der Waals surface area contributed by atoms with Gasteiger partial charge in [-0.15, -0.1) is 0 Å². The maximum atomic E-state index is 12.2. The maximum absolute atomic E-state index is 12.2. The number of allylic oxidation sites excluding steroid dienone is 1. The average Bonchev–Trinajstić information content (AvgIpc) is 2.61. The number of nitriles is 1. The van der Waals surface area contributed by atoms with Gasteiger partial charge in [-0.3, -0.25) is 4.79 Å². The summed E-state index contributed by atoms with van der Waals surface area (Å²) in [4.78, 5) is 19.1. The number of halogens is 3. The standard InChI is InChI=1S/C18H10BrF2N3O2/c19-12-3-6-15-14(8-12)17(25)24-16(23-15)11(9-22)7-10-1-4-13(5-2-10)26-18(20)21/h1-8,18H,(H,23,24,25)/b11-7+. The lowest BCUT2D eigenvalue weighted by molar-refractivity contribution is -0.0498. The molecule has 0 amide bonds. The van der Waals surface area contributed by atoms with Crippen LogP contribution in [0.2, 0.25) is 0 Å². The largest absolute Gasteiger partial charge is 0.435 e. The highest BCUT2D eigenvalue weighted by molar-refractivity contribution is 9.10. The zero-order valence-electron chi connectivity index (χ0n) is 13.0. The molecule has 0 aliphatic heterocycles. The number of nitrogens with one attached hydrogen (secondary N) is 1. The Bertz CT molecular complexity index is 1090. The SMILES string of the molecule is N#C/C(=C\c1ccc(OC(F)F)cc1)c1nc2ccc(Br)cc2c(=O)[nH]1. The molecule has 0 radical (unpaired) electrons. The third-order valence-electron chi connectivity index (χ3n) is 3.46. The molecule has 0 unspecified atom stereocenters. The number of hydrogen-bond acceptors (Lipinski definition) is 4. The minimum atomic E-state index is -2.90. The highest BCUT2D eigenvalue weighted by atomic mass is 79.9. The molecule has 1 heterocycles. The number of hydrogen-bond donors (Lipinski definition) is 1. The molecule has 5 nitrogen and oxygen atoms in total. The van der Waals surface area contributed by atoms with Crippen LogP contribution in [-0.2, 0) is 0 Å². The van der Waals surface area contributed by atoms with E-state index in [0.717, 1.165) is 4.47 Å². The first-order valence-electron chi connectivity index (χ1n) is 7.33. The molecule has 8 heteroatoms. The molecule has 0 aliphatic carbocycles. The highest BCUT2D eigenvalue weighted by Gasteiger charge is 2.09. The van der Waals surface area contributed by atoms with Gasteiger partial charge in [0.2, 0.25) is 0 Å². The van der Waals surface area contributed by atoms with Gasteiger partial charge in [0, 0.05) is 4.47 Å². The van der Waals surface area contributed by atoms with Gasteiger partial charge in [0.25, 0.3) is 5.56 Å². The highest BCUT2D eigenvalue weighted by Crippen LogP contribution is 2.20. The number of benzene rings is 2. The molecule has 2 aromatic carbocycles. The molecule has 1 aromatic heterocycles. The fourth-order valence-electron chi connectivity index (χ4n) is 2.30. The molecule has 1 N–H and O–H groups in total. The molecule has 0 atom stereocenters. The zero-order chi connectivity index (χ0) is 18.7. The summed E-state index contributed by atoms with van der Waals surface area (Å²) in [5, 5.41) is 9.81. The Kier molecular flexibility index (Phi) is 5.09. The summed E-state index contributed by atoms with van der Waals surface area (Å²) in [7, 11) is 0. The van der Waals surface area contributed by atoms with Crippen molar-refractivity contribution in [2.75, 3.05) is 0 Å². The Morgan fingerprint density at radius 3 is 2.65 bits per heavy atom. The molecular formula is C18H10BrF2N3O2. The van der Waals surface area contributed by atoms with Crippen LogP contribution in [-0.4, -0.2) is 16.6 Å². The van der Waals surface area contributed by atoms with Gasteiger partial charge in [0.15, 0.2) is 5.82 Å². The first-order valence-corrected chi connectivity index (χ1v) is 8.12. The molecule has 3 aromatic rings. The van der Waals surface area contributed by atoms with E-state index in [2.05, 4.69) is 30.6 Å². The van der Waals surface area contributed by atoms with E-state index in [4.69, 9.17) is 0 Å². The first kappa shape index (κ1) is 17.8. The van der Waals surface area contributed by atoms with Gasteiger partial charge in [-0.1, -0.05) is 28.1 Å². The second kappa shape index (κ2) is 7.45. The number of H-pyrrole nitrogens is 1. The van der Waals surface area contributed by atoms with Crippen LogP contribution in [0.15, 0.2) is 51.7 Å². The van der Waals surface area contributed by atoms with Crippen molar-refractivity contribution in [3.8, 4) is 11.8 Å². The second-order valence-corrected chi connectivity index (χ2v) is 6.11. The molecule has 0 fully saturated rings. The number of fused-ring (bicyclic) bond motifs is 1. The molecule has 26 heavy (non-hydrogen) atoms. The van der Waals surface area contributed by atoms with E-state index in [0.29, 0.717) is 16.5 Å². The minimum absolute atomic E-state index is 0.0125. The topological polar surface area (TPSA) is 78.8 Å². The van der Waals surface area contributed by atoms with Gasteiger partial charge in [0.05, 0.1) is 16.5 Å². The summed E-state index contributed by atoms with van der Waals surface area (Å²) in [6.45, 7) is -2.90. The number of alkyl halides is 2. The summed E-state index contributed by atoms with van der Waals surface area (Å²) in [5.41, 5.74) is 0.790. The second-order valence-electron chi connectivity index (χ2n) is 5.19. The molecule has 130 valence electrons. The van der Waals surface area contributed by atoms with Crippen LogP contribution in [0.4, 0.5) is 8.78 Å². The number of rotatable bonds is 4. The lowest BCUT2D eigenvalue weighted by Gasteiger charge is -2.05. The van der Waals surface area contributed by atoms with E-state index in [1.165, 1.54) is 30.3 Å². The normalized spacial score (nSPS) is 11.6. The van der Waals surface area contributed by atoms with Crippen LogP contribution in [0.5, 0.6) is 5.75 Å². The van der Waals surface area contributed by atoms with Gasteiger partial charge in [-0.05, 0) is 42.0 Å². The van der Waals surface area contributed by atoms with Crippen molar-refractivity contribution in [3.05, 3.63) is 68.7 Å². The molecule has 0 bridgehead atoms. The van der Waals surface area contributed by atoms with Crippen LogP contribution in [0.1, 0.15) is 11.4 Å². The number of aromatic nitrogens is 2. The van der Waals surface area contributed by atoms with Crippen LogP contribution < -0.4 is 10.3 Å². The summed E-state index contributed by atoms with van der Waals surface area (Å²) in [6.07, 6.45) is 1.50. The van der Waals surface area contributed by atoms with Crippen LogP contribution in [0.3, 0.4) is 0 Å². The third kappa shape index (κ3) is 3.95. The lowest BCUT2D eigenvalue weighted by Crippen LogP contribution is -2.11. The Labute approximate surface area is 154 Å². The van der Waals surface area contributed by atoms with Crippen molar-refractivity contribution in [1.29, 1.82) is 5.26 Å². The smallest absolute Gasteiger partial charge is 0.387 e. The van der Waals surface area contributed by atoms with Gasteiger partial charge >= 0.3 is 6.61 Å². The predicted molar refractivity (Wildman–Crippen MR) is 96.6 cm³/mol. The fourth-order valence-corrected chi connectivity index (χ4v) is 2.67. The van der Waals surface area contributed by atoms with Gasteiger partial charge in [-0.2, -0.15) is 14.0 Å². The van der Waals surface area contributed by atoms with Crippen molar-refractivity contribution in [1.82, 2.24) is 9.97 Å². The minimum Gasteiger partial charge on any atom is -0.435 e. The molecule has 0 spiro atoms. The van der Waals surface area contributed by atoms with E-state index in [9.17, 15) is 18.8 Å². The predicted octanol–water partition coefficient (Wildman–Crippen LogP) is 4.35. The summed E-state index contributed by atoms with van der Waals surface area (Å²) < 4.78 is 29.4. The van der Waals surface area contributed by atoms with E-state index < -0.39 is 6.61 Å². The Balaban J connectivity index is 1.99. The van der Waals surface area contributed by atoms with Crippen molar-refractivity contribution in [2.24, 2.45) is 0 Å². The quantitative estimate of drug-likeness (QED) is 0.639. The van der Waals surface area contributed by atoms with Crippen molar-refractivity contribution >= 4 is 38.5 Å². The summed E-state index contributed by atoms with van der Waals surface area (Å²) in [5.74, 6) is 0.138. The van der Waals surface area contributed by atoms with E-state index in [-0.39, 0.29) is 22.7 Å². The van der Waals surface area contributed by atoms with Crippen LogP contribution >= 0.6 is 15.9 Å². The first-order chi connectivity index (χ1) is 12.5. The number of ether oxygens (including phenoxy) is 1. The molecular weight excluding hydrogens is 408 g/mol. The summed E-state index contributed by atoms with van der Waals surface area (Å²) >= 11 is 3.29. The van der Waals surface area contributed by atoms with Crippen LogP contribution in [0.25, 0.3) is 22.6 Å². The van der Waals surface area contributed by atoms with E-state index >= 15 is 0 Å². The van der Waals surface area contributed by atoms with Gasteiger partial charge < -0.3 is 9.72 Å². The molecule has 0 saturated heterocycles. The summed E-state index contributed by atoms with van der Waals surface area (Å²) in [6, 6.07) is 12.8. The zero-order valence-corrected chi connectivity index (χ0v) is 14.6. The molecule has 0 saturated carbocycles. The van der Waals surface area contributed by atoms with Gasteiger partial charge in [0.1, 0.15) is 11.8 Å². The Hall–Kier alpha value is -3.05.